The molecule has 0 aliphatic carbocycles. The molecule has 6 heteroatoms. The minimum Gasteiger partial charge on any atom is -0.462 e. The van der Waals surface area contributed by atoms with Crippen LogP contribution >= 0.6 is 0 Å². The highest BCUT2D eigenvalue weighted by Crippen LogP contribution is 2.16. The molecule has 0 aliphatic rings. The lowest BCUT2D eigenvalue weighted by Gasteiger charge is -2.18. The van der Waals surface area contributed by atoms with Crippen molar-refractivity contribution in [3.05, 3.63) is 48.6 Å². The Morgan fingerprint density at radius 3 is 0.894 bits per heavy atom. The molecular formula is C60H108O6. The summed E-state index contributed by atoms with van der Waals surface area (Å²) in [5, 5.41) is 0. The van der Waals surface area contributed by atoms with E-state index in [1.54, 1.807) is 0 Å². The van der Waals surface area contributed by atoms with Crippen LogP contribution in [-0.4, -0.2) is 37.2 Å². The van der Waals surface area contributed by atoms with Gasteiger partial charge in [-0.15, -0.1) is 0 Å². The van der Waals surface area contributed by atoms with E-state index in [0.717, 1.165) is 77.0 Å². The molecule has 66 heavy (non-hydrogen) atoms. The molecule has 0 aliphatic heterocycles. The Labute approximate surface area is 409 Å². The van der Waals surface area contributed by atoms with Crippen LogP contribution in [-0.2, 0) is 28.6 Å². The summed E-state index contributed by atoms with van der Waals surface area (Å²) < 4.78 is 16.7. The quantitative estimate of drug-likeness (QED) is 0.0262. The predicted octanol–water partition coefficient (Wildman–Crippen LogP) is 19.0. The van der Waals surface area contributed by atoms with E-state index in [1.165, 1.54) is 180 Å². The van der Waals surface area contributed by atoms with Crippen LogP contribution in [0.3, 0.4) is 0 Å². The molecule has 0 heterocycles. The summed E-state index contributed by atoms with van der Waals surface area (Å²) in [4.78, 5) is 37.9. The van der Waals surface area contributed by atoms with Crippen molar-refractivity contribution in [2.24, 2.45) is 0 Å². The van der Waals surface area contributed by atoms with Crippen LogP contribution in [0.15, 0.2) is 48.6 Å². The number of esters is 3. The normalized spacial score (nSPS) is 12.3. The van der Waals surface area contributed by atoms with Crippen LogP contribution in [0.25, 0.3) is 0 Å². The minimum atomic E-state index is -0.776. The zero-order valence-electron chi connectivity index (χ0n) is 44.0. The average molecular weight is 926 g/mol. The smallest absolute Gasteiger partial charge is 0.306 e. The third-order valence-corrected chi connectivity index (χ3v) is 12.6. The summed E-state index contributed by atoms with van der Waals surface area (Å²) in [7, 11) is 0. The zero-order chi connectivity index (χ0) is 47.9. The molecule has 1 unspecified atom stereocenters. The van der Waals surface area contributed by atoms with Gasteiger partial charge >= 0.3 is 17.9 Å². The standard InChI is InChI=1S/C60H108O6/c1-4-7-10-13-16-18-20-22-24-26-28-29-30-31-33-34-36-38-40-42-44-47-50-53-59(62)65-56-57(55-64-58(61)52-49-46-15-12-9-6-3)66-60(63)54-51-48-45-43-41-39-37-35-32-27-25-23-21-19-17-14-11-8-5-2/h17,19,23,25-26,28,32,35,57H,4-16,18,20-22,24,27,29-31,33-34,36-56H2,1-3H3/b19-17-,25-23-,28-26-,35-32-. The van der Waals surface area contributed by atoms with Crippen molar-refractivity contribution in [3.63, 3.8) is 0 Å². The van der Waals surface area contributed by atoms with Gasteiger partial charge in [0, 0.05) is 19.3 Å². The van der Waals surface area contributed by atoms with Crippen molar-refractivity contribution in [3.8, 4) is 0 Å². The first-order valence-corrected chi connectivity index (χ1v) is 28.6. The van der Waals surface area contributed by atoms with Gasteiger partial charge in [0.25, 0.3) is 0 Å². The Morgan fingerprint density at radius 1 is 0.303 bits per heavy atom. The molecule has 0 radical (unpaired) electrons. The fraction of sp³-hybridized carbons (Fsp3) is 0.817. The molecule has 0 rings (SSSR count). The molecule has 0 aromatic carbocycles. The van der Waals surface area contributed by atoms with Gasteiger partial charge < -0.3 is 14.2 Å². The van der Waals surface area contributed by atoms with Crippen molar-refractivity contribution < 1.29 is 28.6 Å². The molecule has 0 spiro atoms. The summed E-state index contributed by atoms with van der Waals surface area (Å²) in [5.41, 5.74) is 0. The maximum Gasteiger partial charge on any atom is 0.306 e. The van der Waals surface area contributed by atoms with Gasteiger partial charge in [-0.1, -0.05) is 243 Å². The molecule has 0 aromatic rings. The molecule has 0 saturated heterocycles. The third kappa shape index (κ3) is 52.3. The first kappa shape index (κ1) is 63.4. The molecule has 0 fully saturated rings. The van der Waals surface area contributed by atoms with E-state index in [0.29, 0.717) is 19.3 Å². The van der Waals surface area contributed by atoms with E-state index in [2.05, 4.69) is 69.4 Å². The Balaban J connectivity index is 4.14. The van der Waals surface area contributed by atoms with Crippen molar-refractivity contribution >= 4 is 17.9 Å². The number of carbonyl (C=O) groups is 3. The number of unbranched alkanes of at least 4 members (excludes halogenated alkanes) is 33. The number of carbonyl (C=O) groups excluding carboxylic acids is 3. The Kier molecular flexibility index (Phi) is 52.8. The van der Waals surface area contributed by atoms with Crippen LogP contribution in [0.1, 0.15) is 297 Å². The Bertz CT molecular complexity index is 1150. The lowest BCUT2D eigenvalue weighted by molar-refractivity contribution is -0.167. The maximum absolute atomic E-state index is 12.8. The molecule has 0 amide bonds. The number of rotatable bonds is 52. The van der Waals surface area contributed by atoms with Crippen molar-refractivity contribution in [1.29, 1.82) is 0 Å². The van der Waals surface area contributed by atoms with E-state index in [1.807, 2.05) is 0 Å². The van der Waals surface area contributed by atoms with Crippen LogP contribution in [0.5, 0.6) is 0 Å². The van der Waals surface area contributed by atoms with E-state index in [9.17, 15) is 14.4 Å². The largest absolute Gasteiger partial charge is 0.462 e. The SMILES string of the molecule is CCCCC/C=C\C/C=C\C/C=C\CCCCCCCCC(=O)OC(COC(=O)CCCCCCCC)COC(=O)CCCCCCCCCCCCC/C=C\CCCCCCCCCC. The highest BCUT2D eigenvalue weighted by atomic mass is 16.6. The second-order valence-electron chi connectivity index (χ2n) is 19.2. The molecular weight excluding hydrogens is 817 g/mol. The summed E-state index contributed by atoms with van der Waals surface area (Å²) in [6.07, 6.45) is 67.0. The van der Waals surface area contributed by atoms with Crippen LogP contribution in [0, 0.1) is 0 Å². The van der Waals surface area contributed by atoms with Gasteiger partial charge in [0.2, 0.25) is 0 Å². The third-order valence-electron chi connectivity index (χ3n) is 12.6. The van der Waals surface area contributed by atoms with Gasteiger partial charge in [0.1, 0.15) is 13.2 Å². The van der Waals surface area contributed by atoms with Gasteiger partial charge in [0.15, 0.2) is 6.10 Å². The Morgan fingerprint density at radius 2 is 0.545 bits per heavy atom. The summed E-state index contributed by atoms with van der Waals surface area (Å²) in [6, 6.07) is 0. The lowest BCUT2D eigenvalue weighted by atomic mass is 10.0. The zero-order valence-corrected chi connectivity index (χ0v) is 44.0. The van der Waals surface area contributed by atoms with Gasteiger partial charge in [0.05, 0.1) is 0 Å². The highest BCUT2D eigenvalue weighted by Gasteiger charge is 2.19. The Hall–Kier alpha value is -2.63. The summed E-state index contributed by atoms with van der Waals surface area (Å²) in [5.74, 6) is -0.890. The second-order valence-corrected chi connectivity index (χ2v) is 19.2. The summed E-state index contributed by atoms with van der Waals surface area (Å²) in [6.45, 7) is 6.57. The molecule has 0 saturated carbocycles. The predicted molar refractivity (Wildman–Crippen MR) is 284 cm³/mol. The van der Waals surface area contributed by atoms with Crippen LogP contribution in [0.2, 0.25) is 0 Å². The van der Waals surface area contributed by atoms with E-state index < -0.39 is 6.10 Å². The van der Waals surface area contributed by atoms with E-state index in [-0.39, 0.29) is 31.1 Å². The lowest BCUT2D eigenvalue weighted by Crippen LogP contribution is -2.30. The number of hydrogen-bond acceptors (Lipinski definition) is 6. The fourth-order valence-electron chi connectivity index (χ4n) is 8.21. The summed E-state index contributed by atoms with van der Waals surface area (Å²) >= 11 is 0. The van der Waals surface area contributed by atoms with Gasteiger partial charge in [-0.25, -0.2) is 0 Å². The maximum atomic E-state index is 12.8. The van der Waals surface area contributed by atoms with E-state index >= 15 is 0 Å². The topological polar surface area (TPSA) is 78.9 Å². The number of allylic oxidation sites excluding steroid dienone is 8. The number of hydrogen-bond donors (Lipinski definition) is 0. The van der Waals surface area contributed by atoms with Crippen molar-refractivity contribution in [1.82, 2.24) is 0 Å². The van der Waals surface area contributed by atoms with Crippen LogP contribution in [0.4, 0.5) is 0 Å². The molecule has 0 bridgehead atoms. The fourth-order valence-corrected chi connectivity index (χ4v) is 8.21. The molecule has 1 atom stereocenters. The van der Waals surface area contributed by atoms with Crippen molar-refractivity contribution in [2.45, 2.75) is 303 Å². The first-order valence-electron chi connectivity index (χ1n) is 28.6. The minimum absolute atomic E-state index is 0.0772. The molecule has 6 nitrogen and oxygen atoms in total. The molecule has 0 aromatic heterocycles. The molecule has 0 N–H and O–H groups in total. The van der Waals surface area contributed by atoms with E-state index in [4.69, 9.17) is 14.2 Å². The van der Waals surface area contributed by atoms with Gasteiger partial charge in [-0.2, -0.15) is 0 Å². The number of ether oxygens (including phenoxy) is 3. The first-order chi connectivity index (χ1) is 32.5. The van der Waals surface area contributed by atoms with Crippen molar-refractivity contribution in [2.75, 3.05) is 13.2 Å². The average Bonchev–Trinajstić information content (AvgIpc) is 3.31. The van der Waals surface area contributed by atoms with Gasteiger partial charge in [-0.05, 0) is 83.5 Å². The monoisotopic (exact) mass is 925 g/mol. The highest BCUT2D eigenvalue weighted by molar-refractivity contribution is 5.71. The second kappa shape index (κ2) is 55.0. The molecule has 384 valence electrons. The van der Waals surface area contributed by atoms with Crippen LogP contribution < -0.4 is 0 Å². The van der Waals surface area contributed by atoms with Gasteiger partial charge in [-0.3, -0.25) is 14.4 Å².